The van der Waals surface area contributed by atoms with Crippen LogP contribution in [0.5, 0.6) is 0 Å². The highest BCUT2D eigenvalue weighted by molar-refractivity contribution is 9.10. The zero-order chi connectivity index (χ0) is 14.6. The molecular formula is C13H19BrN2O3. The van der Waals surface area contributed by atoms with Gasteiger partial charge in [0.05, 0.1) is 0 Å². The largest absolute Gasteiger partial charge is 0.480 e. The molecule has 0 aromatic carbocycles. The Morgan fingerprint density at radius 2 is 2.11 bits per heavy atom. The number of hydrogen-bond donors (Lipinski definition) is 1. The van der Waals surface area contributed by atoms with Crippen LogP contribution in [0, 0.1) is 0 Å². The highest BCUT2D eigenvalue weighted by Gasteiger charge is 2.22. The second-order valence-electron chi connectivity index (χ2n) is 4.67. The summed E-state index contributed by atoms with van der Waals surface area (Å²) in [5.41, 5.74) is 0.511. The van der Waals surface area contributed by atoms with Gasteiger partial charge in [0.1, 0.15) is 12.2 Å². The van der Waals surface area contributed by atoms with Gasteiger partial charge in [-0.2, -0.15) is 0 Å². The van der Waals surface area contributed by atoms with Crippen LogP contribution < -0.4 is 0 Å². The van der Waals surface area contributed by atoms with Crippen LogP contribution in [0.1, 0.15) is 43.7 Å². The minimum Gasteiger partial charge on any atom is -0.480 e. The van der Waals surface area contributed by atoms with Crippen molar-refractivity contribution in [3.8, 4) is 0 Å². The fourth-order valence-corrected chi connectivity index (χ4v) is 2.33. The molecule has 0 saturated carbocycles. The first kappa shape index (κ1) is 15.8. The zero-order valence-electron chi connectivity index (χ0n) is 11.4. The summed E-state index contributed by atoms with van der Waals surface area (Å²) in [6.07, 6.45) is 2.56. The predicted octanol–water partition coefficient (Wildman–Crippen LogP) is 2.77. The maximum absolute atomic E-state index is 12.4. The van der Waals surface area contributed by atoms with Gasteiger partial charge in [-0.3, -0.25) is 9.59 Å². The lowest BCUT2D eigenvalue weighted by atomic mass is 10.3. The maximum atomic E-state index is 12.4. The molecule has 0 saturated heterocycles. The molecule has 1 amide bonds. The van der Waals surface area contributed by atoms with E-state index in [0.717, 1.165) is 10.9 Å². The molecule has 0 bridgehead atoms. The topological polar surface area (TPSA) is 62.5 Å². The number of amides is 1. The van der Waals surface area contributed by atoms with Crippen molar-refractivity contribution in [1.82, 2.24) is 9.47 Å². The van der Waals surface area contributed by atoms with Gasteiger partial charge in [-0.15, -0.1) is 0 Å². The van der Waals surface area contributed by atoms with Crippen molar-refractivity contribution >= 4 is 27.8 Å². The van der Waals surface area contributed by atoms with Gasteiger partial charge in [-0.05, 0) is 42.3 Å². The summed E-state index contributed by atoms with van der Waals surface area (Å²) in [5, 5.41) is 8.88. The molecule has 0 unspecified atom stereocenters. The van der Waals surface area contributed by atoms with Gasteiger partial charge < -0.3 is 14.6 Å². The number of rotatable bonds is 6. The van der Waals surface area contributed by atoms with Crippen molar-refractivity contribution < 1.29 is 14.7 Å². The average molecular weight is 331 g/mol. The SMILES string of the molecule is CCCN(CC(=O)O)C(=O)c1cc(Br)cn1C(C)C. The Hall–Kier alpha value is -1.30. The lowest BCUT2D eigenvalue weighted by Crippen LogP contribution is -2.37. The molecule has 0 aliphatic carbocycles. The summed E-state index contributed by atoms with van der Waals surface area (Å²) < 4.78 is 2.66. The molecule has 0 aliphatic rings. The average Bonchev–Trinajstić information content (AvgIpc) is 2.69. The molecule has 0 fully saturated rings. The minimum atomic E-state index is -0.997. The number of aromatic nitrogens is 1. The Morgan fingerprint density at radius 1 is 1.47 bits per heavy atom. The van der Waals surface area contributed by atoms with Crippen LogP contribution in [0.3, 0.4) is 0 Å². The van der Waals surface area contributed by atoms with Gasteiger partial charge in [0.2, 0.25) is 0 Å². The fourth-order valence-electron chi connectivity index (χ4n) is 1.89. The Balaban J connectivity index is 3.05. The summed E-state index contributed by atoms with van der Waals surface area (Å²) in [5.74, 6) is -1.24. The Bertz CT molecular complexity index is 468. The van der Waals surface area contributed by atoms with Crippen molar-refractivity contribution in [3.05, 3.63) is 22.4 Å². The number of aliphatic carboxylic acids is 1. The van der Waals surface area contributed by atoms with Gasteiger partial charge in [0.15, 0.2) is 0 Å². The van der Waals surface area contributed by atoms with Crippen molar-refractivity contribution in [2.45, 2.75) is 33.2 Å². The van der Waals surface area contributed by atoms with Gasteiger partial charge in [0.25, 0.3) is 5.91 Å². The summed E-state index contributed by atoms with van der Waals surface area (Å²) >= 11 is 3.35. The van der Waals surface area contributed by atoms with E-state index in [-0.39, 0.29) is 18.5 Å². The molecule has 1 heterocycles. The van der Waals surface area contributed by atoms with Crippen LogP contribution in [0.15, 0.2) is 16.7 Å². The van der Waals surface area contributed by atoms with Crippen molar-refractivity contribution in [3.63, 3.8) is 0 Å². The normalized spacial score (nSPS) is 10.8. The van der Waals surface area contributed by atoms with Gasteiger partial charge in [-0.25, -0.2) is 0 Å². The van der Waals surface area contributed by atoms with Crippen molar-refractivity contribution in [1.29, 1.82) is 0 Å². The zero-order valence-corrected chi connectivity index (χ0v) is 13.0. The predicted molar refractivity (Wildman–Crippen MR) is 76.3 cm³/mol. The summed E-state index contributed by atoms with van der Waals surface area (Å²) in [4.78, 5) is 24.6. The second kappa shape index (κ2) is 6.75. The molecular weight excluding hydrogens is 312 g/mol. The van der Waals surface area contributed by atoms with E-state index in [9.17, 15) is 9.59 Å². The molecule has 1 aromatic rings. The number of hydrogen-bond acceptors (Lipinski definition) is 2. The van der Waals surface area contributed by atoms with E-state index in [4.69, 9.17) is 5.11 Å². The van der Waals surface area contributed by atoms with Crippen LogP contribution in [0.25, 0.3) is 0 Å². The summed E-state index contributed by atoms with van der Waals surface area (Å²) in [6, 6.07) is 1.87. The highest BCUT2D eigenvalue weighted by atomic mass is 79.9. The van der Waals surface area contributed by atoms with E-state index in [1.54, 1.807) is 6.07 Å². The number of halogens is 1. The molecule has 0 atom stereocenters. The maximum Gasteiger partial charge on any atom is 0.323 e. The molecule has 106 valence electrons. The van der Waals surface area contributed by atoms with E-state index >= 15 is 0 Å². The highest BCUT2D eigenvalue weighted by Crippen LogP contribution is 2.20. The number of carbonyl (C=O) groups is 2. The Morgan fingerprint density at radius 3 is 2.58 bits per heavy atom. The summed E-state index contributed by atoms with van der Waals surface area (Å²) in [7, 11) is 0. The van der Waals surface area contributed by atoms with Gasteiger partial charge in [-0.1, -0.05) is 6.92 Å². The van der Waals surface area contributed by atoms with Crippen LogP contribution in [-0.2, 0) is 4.79 Å². The quantitative estimate of drug-likeness (QED) is 0.872. The third-order valence-corrected chi connectivity index (χ3v) is 3.13. The van der Waals surface area contributed by atoms with Gasteiger partial charge in [0, 0.05) is 23.3 Å². The van der Waals surface area contributed by atoms with Crippen LogP contribution in [0.4, 0.5) is 0 Å². The number of carbonyl (C=O) groups excluding carboxylic acids is 1. The van der Waals surface area contributed by atoms with Crippen molar-refractivity contribution in [2.75, 3.05) is 13.1 Å². The molecule has 6 heteroatoms. The van der Waals surface area contributed by atoms with Gasteiger partial charge >= 0.3 is 5.97 Å². The Labute approximate surface area is 121 Å². The number of carboxylic acids is 1. The van der Waals surface area contributed by atoms with E-state index in [2.05, 4.69) is 15.9 Å². The third-order valence-electron chi connectivity index (χ3n) is 2.70. The van der Waals surface area contributed by atoms with E-state index in [1.165, 1.54) is 4.90 Å². The first-order valence-corrected chi connectivity index (χ1v) is 7.04. The molecule has 1 rings (SSSR count). The third kappa shape index (κ3) is 4.09. The van der Waals surface area contributed by atoms with Crippen LogP contribution in [0.2, 0.25) is 0 Å². The van der Waals surface area contributed by atoms with Crippen LogP contribution >= 0.6 is 15.9 Å². The first-order valence-electron chi connectivity index (χ1n) is 6.25. The van der Waals surface area contributed by atoms with Crippen molar-refractivity contribution in [2.24, 2.45) is 0 Å². The lowest BCUT2D eigenvalue weighted by Gasteiger charge is -2.21. The van der Waals surface area contributed by atoms with Crippen LogP contribution in [-0.4, -0.2) is 39.5 Å². The first-order chi connectivity index (χ1) is 8.86. The molecule has 5 nitrogen and oxygen atoms in total. The number of carboxylic acid groups (broad SMARTS) is 1. The fraction of sp³-hybridized carbons (Fsp3) is 0.538. The molecule has 19 heavy (non-hydrogen) atoms. The molecule has 0 aliphatic heterocycles. The van der Waals surface area contributed by atoms with E-state index in [1.807, 2.05) is 31.5 Å². The minimum absolute atomic E-state index is 0.138. The monoisotopic (exact) mass is 330 g/mol. The molecule has 0 spiro atoms. The molecule has 0 radical (unpaired) electrons. The second-order valence-corrected chi connectivity index (χ2v) is 5.58. The molecule has 1 aromatic heterocycles. The van der Waals surface area contributed by atoms with E-state index in [0.29, 0.717) is 12.2 Å². The lowest BCUT2D eigenvalue weighted by molar-refractivity contribution is -0.137. The number of nitrogens with zero attached hydrogens (tertiary/aromatic N) is 2. The standard InChI is InChI=1S/C13H19BrN2O3/c1-4-5-15(8-12(17)18)13(19)11-6-10(14)7-16(11)9(2)3/h6-7,9H,4-5,8H2,1-3H3,(H,17,18). The Kier molecular flexibility index (Phi) is 5.60. The van der Waals surface area contributed by atoms with E-state index < -0.39 is 5.97 Å². The summed E-state index contributed by atoms with van der Waals surface area (Å²) in [6.45, 7) is 6.04. The smallest absolute Gasteiger partial charge is 0.323 e. The molecule has 1 N–H and O–H groups in total.